The normalized spacial score (nSPS) is 0.857. The second-order valence-corrected chi connectivity index (χ2v) is 0. The van der Waals surface area contributed by atoms with Gasteiger partial charge in [0.1, 0.15) is 0 Å². The molecule has 0 aromatic heterocycles. The van der Waals surface area contributed by atoms with Crippen molar-refractivity contribution in [3.8, 4) is 0 Å². The second kappa shape index (κ2) is 197. The second-order valence-electron chi connectivity index (χ2n) is 0. The van der Waals surface area contributed by atoms with Gasteiger partial charge in [-0.3, -0.25) is 0 Å². The molecular weight excluding hydrogens is 120 g/mol. The van der Waals surface area contributed by atoms with Crippen molar-refractivity contribution >= 4 is 37.7 Å². The molecule has 0 spiro atoms. The van der Waals surface area contributed by atoms with Gasteiger partial charge in [-0.1, -0.05) is 28.7 Å². The molecule has 3 heteroatoms. The van der Waals surface area contributed by atoms with Gasteiger partial charge in [-0.05, 0) is 0 Å². The first kappa shape index (κ1) is 88.7. The van der Waals surface area contributed by atoms with E-state index >= 15 is 0 Å². The van der Waals surface area contributed by atoms with Crippen LogP contribution < -0.4 is 0 Å². The molecule has 46 valence electrons. The Morgan fingerprint density at radius 3 is 0.714 bits per heavy atom. The summed E-state index contributed by atoms with van der Waals surface area (Å²) < 4.78 is 0. The summed E-state index contributed by atoms with van der Waals surface area (Å²) in [7, 11) is 0. The average molecular weight is 136 g/mol. The van der Waals surface area contributed by atoms with Crippen molar-refractivity contribution in [1.29, 1.82) is 0 Å². The maximum Gasteiger partial charge on any atom is 2.00 e. The summed E-state index contributed by atoms with van der Waals surface area (Å²) >= 11 is 0. The standard InChI is InChI=1S/C2H6.2CH4.Ca.2H2O/c1-2;;;;;/h1-2H3;2*1H4;;2*1H2/q;;;+2;;/p-2. The largest absolute Gasteiger partial charge is 2.00 e. The maximum absolute atomic E-state index is 2.00. The molecule has 0 aliphatic heterocycles. The molecule has 0 fully saturated rings. The van der Waals surface area contributed by atoms with E-state index in [1.807, 2.05) is 13.8 Å². The number of hydrogen-bond donors (Lipinski definition) is 0. The molecule has 0 aromatic rings. The molecular formula is C4H16CaO2. The SMILES string of the molecule is C.C.CC.[Ca+2].[OH-].[OH-]. The molecule has 0 aliphatic rings. The Bertz CT molecular complexity index is 9.65. The molecule has 0 radical (unpaired) electrons. The van der Waals surface area contributed by atoms with Crippen LogP contribution in [-0.4, -0.2) is 48.7 Å². The van der Waals surface area contributed by atoms with Crippen LogP contribution in [0.4, 0.5) is 0 Å². The van der Waals surface area contributed by atoms with Gasteiger partial charge < -0.3 is 11.0 Å². The Hall–Kier alpha value is 1.18. The topological polar surface area (TPSA) is 60.0 Å². The molecule has 0 saturated carbocycles. The van der Waals surface area contributed by atoms with E-state index in [9.17, 15) is 0 Å². The Balaban J connectivity index is -0.000000000500. The van der Waals surface area contributed by atoms with Gasteiger partial charge in [0.25, 0.3) is 0 Å². The van der Waals surface area contributed by atoms with Crippen LogP contribution in [0.15, 0.2) is 0 Å². The van der Waals surface area contributed by atoms with E-state index in [2.05, 4.69) is 0 Å². The molecule has 2 nitrogen and oxygen atoms in total. The fourth-order valence-electron chi connectivity index (χ4n) is 0. The molecule has 0 heterocycles. The minimum atomic E-state index is 0. The Morgan fingerprint density at radius 1 is 0.714 bits per heavy atom. The molecule has 0 aromatic carbocycles. The van der Waals surface area contributed by atoms with E-state index in [0.29, 0.717) is 0 Å². The number of hydrogen-bond acceptors (Lipinski definition) is 2. The van der Waals surface area contributed by atoms with Crippen LogP contribution in [0.1, 0.15) is 28.7 Å². The third kappa shape index (κ3) is 138. The molecule has 0 aliphatic carbocycles. The van der Waals surface area contributed by atoms with Crippen LogP contribution in [-0.2, 0) is 0 Å². The van der Waals surface area contributed by atoms with E-state index in [0.717, 1.165) is 0 Å². The van der Waals surface area contributed by atoms with Gasteiger partial charge >= 0.3 is 37.7 Å². The predicted molar refractivity (Wildman–Crippen MR) is 34.4 cm³/mol. The molecule has 0 rings (SSSR count). The van der Waals surface area contributed by atoms with E-state index < -0.39 is 0 Å². The minimum absolute atomic E-state index is 0. The van der Waals surface area contributed by atoms with Crippen molar-refractivity contribution in [1.82, 2.24) is 0 Å². The van der Waals surface area contributed by atoms with Crippen molar-refractivity contribution in [3.05, 3.63) is 0 Å². The van der Waals surface area contributed by atoms with Crippen LogP contribution in [0.2, 0.25) is 0 Å². The molecule has 0 amide bonds. The fourth-order valence-corrected chi connectivity index (χ4v) is 0. The van der Waals surface area contributed by atoms with Gasteiger partial charge in [0.2, 0.25) is 0 Å². The summed E-state index contributed by atoms with van der Waals surface area (Å²) in [6.07, 6.45) is 0. The molecule has 0 bridgehead atoms. The van der Waals surface area contributed by atoms with Crippen molar-refractivity contribution in [2.75, 3.05) is 0 Å². The summed E-state index contributed by atoms with van der Waals surface area (Å²) in [6.45, 7) is 4.00. The van der Waals surface area contributed by atoms with Crippen molar-refractivity contribution < 1.29 is 11.0 Å². The average Bonchev–Trinajstić information content (AvgIpc) is 1.00. The molecule has 0 saturated heterocycles. The first-order valence-corrected chi connectivity index (χ1v) is 1.00. The van der Waals surface area contributed by atoms with Crippen LogP contribution >= 0.6 is 0 Å². The summed E-state index contributed by atoms with van der Waals surface area (Å²) in [5, 5.41) is 0. The van der Waals surface area contributed by atoms with Gasteiger partial charge in [-0.25, -0.2) is 0 Å². The van der Waals surface area contributed by atoms with Gasteiger partial charge in [-0.2, -0.15) is 0 Å². The van der Waals surface area contributed by atoms with E-state index in [4.69, 9.17) is 0 Å². The number of rotatable bonds is 0. The van der Waals surface area contributed by atoms with E-state index in [-0.39, 0.29) is 63.5 Å². The van der Waals surface area contributed by atoms with Crippen molar-refractivity contribution in [3.63, 3.8) is 0 Å². The van der Waals surface area contributed by atoms with Gasteiger partial charge in [0, 0.05) is 0 Å². The smallest absolute Gasteiger partial charge is 0.870 e. The van der Waals surface area contributed by atoms with Crippen molar-refractivity contribution in [2.24, 2.45) is 0 Å². The van der Waals surface area contributed by atoms with Gasteiger partial charge in [0.15, 0.2) is 0 Å². The zero-order valence-electron chi connectivity index (χ0n) is 3.60. The van der Waals surface area contributed by atoms with Gasteiger partial charge in [0.05, 0.1) is 0 Å². The first-order chi connectivity index (χ1) is 1.00. The third-order valence-electron chi connectivity index (χ3n) is 0. The monoisotopic (exact) mass is 136 g/mol. The van der Waals surface area contributed by atoms with Crippen molar-refractivity contribution in [2.45, 2.75) is 28.7 Å². The summed E-state index contributed by atoms with van der Waals surface area (Å²) in [4.78, 5) is 0. The zero-order chi connectivity index (χ0) is 2.00. The van der Waals surface area contributed by atoms with Crippen LogP contribution in [0.25, 0.3) is 0 Å². The third-order valence-corrected chi connectivity index (χ3v) is 0. The Kier molecular flexibility index (Phi) is 2500. The first-order valence-electron chi connectivity index (χ1n) is 1.00. The van der Waals surface area contributed by atoms with Crippen LogP contribution in [0.5, 0.6) is 0 Å². The molecule has 0 atom stereocenters. The van der Waals surface area contributed by atoms with Gasteiger partial charge in [-0.15, -0.1) is 0 Å². The maximum atomic E-state index is 2.00. The summed E-state index contributed by atoms with van der Waals surface area (Å²) in [5.41, 5.74) is 0. The minimum Gasteiger partial charge on any atom is -0.870 e. The zero-order valence-corrected chi connectivity index (χ0v) is 5.81. The Labute approximate surface area is 76.9 Å². The summed E-state index contributed by atoms with van der Waals surface area (Å²) in [5.74, 6) is 0. The van der Waals surface area contributed by atoms with Crippen LogP contribution in [0.3, 0.4) is 0 Å². The molecule has 0 unspecified atom stereocenters. The van der Waals surface area contributed by atoms with E-state index in [1.54, 1.807) is 0 Å². The quantitative estimate of drug-likeness (QED) is 0.474. The fraction of sp³-hybridized carbons (Fsp3) is 1.00. The van der Waals surface area contributed by atoms with Crippen LogP contribution in [0, 0.1) is 0 Å². The molecule has 2 N–H and O–H groups in total. The predicted octanol–water partition coefficient (Wildman–Crippen LogP) is 1.56. The summed E-state index contributed by atoms with van der Waals surface area (Å²) in [6, 6.07) is 0. The Morgan fingerprint density at radius 2 is 0.714 bits per heavy atom. The molecule has 7 heavy (non-hydrogen) atoms. The van der Waals surface area contributed by atoms with E-state index in [1.165, 1.54) is 0 Å².